The third kappa shape index (κ3) is 3.81. The SMILES string of the molecule is Brc1c(Oc2ccccc2)cc(I)cc1Oc1ccccc1. The van der Waals surface area contributed by atoms with E-state index in [1.165, 1.54) is 0 Å². The number of hydrogen-bond acceptors (Lipinski definition) is 2. The van der Waals surface area contributed by atoms with Crippen LogP contribution in [-0.4, -0.2) is 0 Å². The van der Waals surface area contributed by atoms with Gasteiger partial charge in [-0.15, -0.1) is 0 Å². The lowest BCUT2D eigenvalue weighted by molar-refractivity contribution is 0.454. The van der Waals surface area contributed by atoms with E-state index in [4.69, 9.17) is 9.47 Å². The summed E-state index contributed by atoms with van der Waals surface area (Å²) in [5.41, 5.74) is 0. The van der Waals surface area contributed by atoms with Crippen molar-refractivity contribution in [3.8, 4) is 23.0 Å². The summed E-state index contributed by atoms with van der Waals surface area (Å²) < 4.78 is 13.7. The summed E-state index contributed by atoms with van der Waals surface area (Å²) in [6.45, 7) is 0. The van der Waals surface area contributed by atoms with Crippen LogP contribution in [0, 0.1) is 3.57 Å². The third-order valence-corrected chi connectivity index (χ3v) is 4.32. The van der Waals surface area contributed by atoms with Gasteiger partial charge in [0.05, 0.1) is 0 Å². The highest BCUT2D eigenvalue weighted by atomic mass is 127. The highest BCUT2D eigenvalue weighted by molar-refractivity contribution is 14.1. The summed E-state index contributed by atoms with van der Waals surface area (Å²) in [5.74, 6) is 3.03. The molecule has 0 bridgehead atoms. The van der Waals surface area contributed by atoms with Gasteiger partial charge in [-0.05, 0) is 74.9 Å². The van der Waals surface area contributed by atoms with E-state index in [0.717, 1.165) is 31.0 Å². The van der Waals surface area contributed by atoms with E-state index in [9.17, 15) is 0 Å². The molecule has 0 radical (unpaired) electrons. The van der Waals surface area contributed by atoms with Crippen molar-refractivity contribution in [2.75, 3.05) is 0 Å². The monoisotopic (exact) mass is 466 g/mol. The molecule has 0 fully saturated rings. The van der Waals surface area contributed by atoms with Crippen molar-refractivity contribution < 1.29 is 9.47 Å². The van der Waals surface area contributed by atoms with E-state index in [1.54, 1.807) is 0 Å². The Kier molecular flexibility index (Phi) is 5.00. The first-order valence-electron chi connectivity index (χ1n) is 6.67. The minimum atomic E-state index is 0.726. The number of hydrogen-bond donors (Lipinski definition) is 0. The molecule has 22 heavy (non-hydrogen) atoms. The van der Waals surface area contributed by atoms with Gasteiger partial charge in [0, 0.05) is 3.57 Å². The van der Waals surface area contributed by atoms with Crippen LogP contribution in [0.4, 0.5) is 0 Å². The van der Waals surface area contributed by atoms with E-state index in [2.05, 4.69) is 38.5 Å². The van der Waals surface area contributed by atoms with Crippen molar-refractivity contribution in [1.29, 1.82) is 0 Å². The molecule has 3 aromatic carbocycles. The highest BCUT2D eigenvalue weighted by Gasteiger charge is 2.12. The quantitative estimate of drug-likeness (QED) is 0.401. The molecule has 3 rings (SSSR count). The lowest BCUT2D eigenvalue weighted by Gasteiger charge is -2.13. The van der Waals surface area contributed by atoms with Gasteiger partial charge in [0.15, 0.2) is 0 Å². The summed E-state index contributed by atoms with van der Waals surface area (Å²) in [6.07, 6.45) is 0. The molecule has 4 heteroatoms. The summed E-state index contributed by atoms with van der Waals surface area (Å²) in [7, 11) is 0. The van der Waals surface area contributed by atoms with Gasteiger partial charge in [0.2, 0.25) is 0 Å². The normalized spacial score (nSPS) is 10.3. The zero-order valence-corrected chi connectivity index (χ0v) is 15.2. The molecule has 0 heterocycles. The Hall–Kier alpha value is -1.53. The maximum Gasteiger partial charge on any atom is 0.146 e. The number of halogens is 2. The van der Waals surface area contributed by atoms with Crippen molar-refractivity contribution in [3.63, 3.8) is 0 Å². The third-order valence-electron chi connectivity index (χ3n) is 2.91. The van der Waals surface area contributed by atoms with Crippen molar-refractivity contribution in [2.24, 2.45) is 0 Å². The van der Waals surface area contributed by atoms with Gasteiger partial charge in [-0.25, -0.2) is 0 Å². The van der Waals surface area contributed by atoms with Crippen LogP contribution >= 0.6 is 38.5 Å². The zero-order chi connectivity index (χ0) is 15.4. The fourth-order valence-electron chi connectivity index (χ4n) is 1.92. The van der Waals surface area contributed by atoms with Crippen LogP contribution in [0.5, 0.6) is 23.0 Å². The Bertz CT molecular complexity index is 698. The smallest absolute Gasteiger partial charge is 0.146 e. The topological polar surface area (TPSA) is 18.5 Å². The number of para-hydroxylation sites is 2. The summed E-state index contributed by atoms with van der Waals surface area (Å²) in [4.78, 5) is 0. The number of ether oxygens (including phenoxy) is 2. The lowest BCUT2D eigenvalue weighted by Crippen LogP contribution is -1.91. The largest absolute Gasteiger partial charge is 0.456 e. The van der Waals surface area contributed by atoms with Crippen LogP contribution < -0.4 is 9.47 Å². The minimum absolute atomic E-state index is 0.726. The average Bonchev–Trinajstić information content (AvgIpc) is 2.54. The van der Waals surface area contributed by atoms with Gasteiger partial charge in [-0.2, -0.15) is 0 Å². The van der Waals surface area contributed by atoms with Gasteiger partial charge in [-0.3, -0.25) is 0 Å². The average molecular weight is 467 g/mol. The molecule has 0 unspecified atom stereocenters. The molecule has 0 amide bonds. The van der Waals surface area contributed by atoms with Gasteiger partial charge in [0.25, 0.3) is 0 Å². The molecule has 0 aromatic heterocycles. The summed E-state index contributed by atoms with van der Waals surface area (Å²) in [6, 6.07) is 23.3. The van der Waals surface area contributed by atoms with Crippen LogP contribution in [-0.2, 0) is 0 Å². The number of rotatable bonds is 4. The van der Waals surface area contributed by atoms with E-state index < -0.39 is 0 Å². The fraction of sp³-hybridized carbons (Fsp3) is 0. The predicted molar refractivity (Wildman–Crippen MR) is 99.9 cm³/mol. The van der Waals surface area contributed by atoms with Crippen LogP contribution in [0.2, 0.25) is 0 Å². The molecule has 0 spiro atoms. The van der Waals surface area contributed by atoms with Crippen molar-refractivity contribution >= 4 is 38.5 Å². The van der Waals surface area contributed by atoms with E-state index >= 15 is 0 Å². The summed E-state index contributed by atoms with van der Waals surface area (Å²) >= 11 is 5.83. The maximum atomic E-state index is 5.94. The Balaban J connectivity index is 1.92. The molecule has 0 aliphatic carbocycles. The fourth-order valence-corrected chi connectivity index (χ4v) is 2.88. The van der Waals surface area contributed by atoms with E-state index in [0.29, 0.717) is 0 Å². The van der Waals surface area contributed by atoms with Crippen molar-refractivity contribution in [3.05, 3.63) is 80.8 Å². The van der Waals surface area contributed by atoms with Gasteiger partial charge < -0.3 is 9.47 Å². The van der Waals surface area contributed by atoms with Gasteiger partial charge in [-0.1, -0.05) is 36.4 Å². The second-order valence-corrected chi connectivity index (χ2v) is 6.58. The van der Waals surface area contributed by atoms with Crippen LogP contribution in [0.25, 0.3) is 0 Å². The highest BCUT2D eigenvalue weighted by Crippen LogP contribution is 2.40. The molecule has 0 aliphatic rings. The molecule has 0 atom stereocenters. The number of benzene rings is 3. The first kappa shape index (κ1) is 15.4. The maximum absolute atomic E-state index is 5.94. The van der Waals surface area contributed by atoms with Gasteiger partial charge in [0.1, 0.15) is 27.5 Å². The Morgan fingerprint density at radius 3 is 1.50 bits per heavy atom. The Morgan fingerprint density at radius 1 is 0.682 bits per heavy atom. The molecule has 110 valence electrons. The van der Waals surface area contributed by atoms with Crippen molar-refractivity contribution in [1.82, 2.24) is 0 Å². The minimum Gasteiger partial charge on any atom is -0.456 e. The Labute approximate surface area is 151 Å². The van der Waals surface area contributed by atoms with Crippen LogP contribution in [0.1, 0.15) is 0 Å². The van der Waals surface area contributed by atoms with Crippen LogP contribution in [0.15, 0.2) is 77.3 Å². The van der Waals surface area contributed by atoms with E-state index in [-0.39, 0.29) is 0 Å². The first-order chi connectivity index (χ1) is 10.7. The molecule has 3 aromatic rings. The second-order valence-electron chi connectivity index (χ2n) is 4.55. The molecule has 0 aliphatic heterocycles. The van der Waals surface area contributed by atoms with Crippen molar-refractivity contribution in [2.45, 2.75) is 0 Å². The molecular weight excluding hydrogens is 455 g/mol. The second kappa shape index (κ2) is 7.15. The molecule has 2 nitrogen and oxygen atoms in total. The van der Waals surface area contributed by atoms with E-state index in [1.807, 2.05) is 72.8 Å². The standard InChI is InChI=1S/C18H12BrIO2/c19-18-16(21-14-7-3-1-4-8-14)11-13(20)12-17(18)22-15-9-5-2-6-10-15/h1-12H. The zero-order valence-electron chi connectivity index (χ0n) is 11.5. The lowest BCUT2D eigenvalue weighted by atomic mass is 10.3. The predicted octanol–water partition coefficient (Wildman–Crippen LogP) is 6.64. The molecule has 0 saturated carbocycles. The molecule has 0 N–H and O–H groups in total. The summed E-state index contributed by atoms with van der Waals surface area (Å²) in [5, 5.41) is 0. The first-order valence-corrected chi connectivity index (χ1v) is 8.54. The Morgan fingerprint density at radius 2 is 1.09 bits per heavy atom. The van der Waals surface area contributed by atoms with Crippen LogP contribution in [0.3, 0.4) is 0 Å². The van der Waals surface area contributed by atoms with Gasteiger partial charge >= 0.3 is 0 Å². The molecular formula is C18H12BrIO2. The molecule has 0 saturated heterocycles.